The molecule has 0 saturated carbocycles. The van der Waals surface area contributed by atoms with Crippen molar-refractivity contribution < 1.29 is 4.79 Å². The summed E-state index contributed by atoms with van der Waals surface area (Å²) in [6.07, 6.45) is 12.7. The maximum atomic E-state index is 11.7. The number of rotatable bonds is 0. The van der Waals surface area contributed by atoms with Crippen molar-refractivity contribution in [2.45, 2.75) is 27.7 Å². The van der Waals surface area contributed by atoms with Gasteiger partial charge in [-0.1, -0.05) is 36.0 Å². The van der Waals surface area contributed by atoms with E-state index in [-0.39, 0.29) is 5.78 Å². The fourth-order valence-electron chi connectivity index (χ4n) is 2.20. The van der Waals surface area contributed by atoms with Crippen molar-refractivity contribution in [3.8, 4) is 0 Å². The normalized spacial score (nSPS) is 26.7. The van der Waals surface area contributed by atoms with Gasteiger partial charge < -0.3 is 0 Å². The molecule has 2 rings (SSSR count). The summed E-state index contributed by atoms with van der Waals surface area (Å²) in [6.45, 7) is 8.07. The Morgan fingerprint density at radius 1 is 0.905 bits per heavy atom. The van der Waals surface area contributed by atoms with Crippen LogP contribution in [0.25, 0.3) is 11.1 Å². The summed E-state index contributed by atoms with van der Waals surface area (Å²) in [4.78, 5) is 11.7. The molecule has 1 aliphatic carbocycles. The summed E-state index contributed by atoms with van der Waals surface area (Å²) >= 11 is 0. The summed E-state index contributed by atoms with van der Waals surface area (Å²) in [5, 5.41) is 7.49. The second kappa shape index (κ2) is 6.35. The van der Waals surface area contributed by atoms with Crippen LogP contribution in [-0.2, 0) is 4.79 Å². The lowest BCUT2D eigenvalue weighted by molar-refractivity contribution is -0.110. The number of carbonyl (C=O) groups excluding carboxylic acids is 1. The van der Waals surface area contributed by atoms with Crippen LogP contribution in [-0.4, -0.2) is 16.0 Å². The monoisotopic (exact) mass is 280 g/mol. The van der Waals surface area contributed by atoms with Gasteiger partial charge in [0.1, 0.15) is 0 Å². The fourth-order valence-corrected chi connectivity index (χ4v) is 2.20. The van der Waals surface area contributed by atoms with E-state index in [4.69, 9.17) is 0 Å². The first-order valence-electron chi connectivity index (χ1n) is 6.97. The van der Waals surface area contributed by atoms with E-state index in [9.17, 15) is 4.79 Å². The van der Waals surface area contributed by atoms with Gasteiger partial charge in [-0.15, -0.1) is 0 Å². The molecule has 1 heterocycles. The topological polar surface area (TPSA) is 45.8 Å². The third-order valence-corrected chi connectivity index (χ3v) is 3.49. The van der Waals surface area contributed by atoms with Crippen LogP contribution in [0.1, 0.15) is 37.7 Å². The zero-order valence-electron chi connectivity index (χ0n) is 12.9. The number of nitrogens with one attached hydrogen (secondary N) is 1. The fraction of sp³-hybridized carbons (Fsp3) is 0.222. The molecule has 0 spiro atoms. The van der Waals surface area contributed by atoms with Gasteiger partial charge >= 0.3 is 0 Å². The lowest BCUT2D eigenvalue weighted by Gasteiger charge is -2.01. The Morgan fingerprint density at radius 3 is 2.43 bits per heavy atom. The molecule has 0 amide bonds. The lowest BCUT2D eigenvalue weighted by Crippen LogP contribution is -1.87. The highest BCUT2D eigenvalue weighted by atomic mass is 16.1. The van der Waals surface area contributed by atoms with Gasteiger partial charge in [-0.05, 0) is 51.0 Å². The largest absolute Gasteiger partial charge is 0.290 e. The van der Waals surface area contributed by atoms with Gasteiger partial charge in [-0.2, -0.15) is 5.10 Å². The molecule has 108 valence electrons. The molecule has 1 N–H and O–H groups in total. The second-order valence-electron chi connectivity index (χ2n) is 5.28. The standard InChI is InChI=1S/C18H20N2O/c1-12-8-10-14(3)18-15(4)17(19-20-18)13(2)6-5-7-16(21)11-9-12/h5-11H,1-4H3,(H,19,20)/b7-5+,11-9+,12-8-,13-6+,14-10+. The maximum Gasteiger partial charge on any atom is 0.178 e. The summed E-state index contributed by atoms with van der Waals surface area (Å²) < 4.78 is 0. The minimum Gasteiger partial charge on any atom is -0.290 e. The number of carbonyl (C=O) groups is 1. The molecule has 0 saturated heterocycles. The van der Waals surface area contributed by atoms with Crippen molar-refractivity contribution in [3.05, 3.63) is 65.1 Å². The molecular weight excluding hydrogens is 260 g/mol. The molecule has 1 aromatic heterocycles. The highest BCUT2D eigenvalue weighted by molar-refractivity contribution is 5.99. The summed E-state index contributed by atoms with van der Waals surface area (Å²) in [5.74, 6) is -0.0217. The van der Waals surface area contributed by atoms with Crippen molar-refractivity contribution in [2.75, 3.05) is 0 Å². The average molecular weight is 280 g/mol. The van der Waals surface area contributed by atoms with Crippen LogP contribution in [0, 0.1) is 6.92 Å². The first kappa shape index (κ1) is 15.0. The summed E-state index contributed by atoms with van der Waals surface area (Å²) in [5.41, 5.74) is 6.26. The molecule has 0 atom stereocenters. The third-order valence-electron chi connectivity index (χ3n) is 3.49. The molecule has 0 aromatic carbocycles. The quantitative estimate of drug-likeness (QED) is 0.775. The van der Waals surface area contributed by atoms with Crippen LogP contribution >= 0.6 is 0 Å². The minimum absolute atomic E-state index is 0.0217. The molecule has 3 heteroatoms. The molecule has 0 aliphatic heterocycles. The SMILES string of the molecule is CC1=C/C=C(\C)c2n[nH]c(c2C)/C(C)=C/C=C/C(=O)\C=C\1. The molecule has 3 nitrogen and oxygen atoms in total. The number of H-pyrrole nitrogens is 1. The number of hydrogen-bond donors (Lipinski definition) is 1. The predicted molar refractivity (Wildman–Crippen MR) is 87.7 cm³/mol. The molecule has 1 aliphatic rings. The van der Waals surface area contributed by atoms with Gasteiger partial charge in [0.2, 0.25) is 0 Å². The van der Waals surface area contributed by atoms with Crippen molar-refractivity contribution >= 4 is 16.9 Å². The van der Waals surface area contributed by atoms with Gasteiger partial charge in [-0.25, -0.2) is 0 Å². The van der Waals surface area contributed by atoms with Crippen LogP contribution in [0.15, 0.2) is 48.1 Å². The van der Waals surface area contributed by atoms with Crippen LogP contribution < -0.4 is 0 Å². The predicted octanol–water partition coefficient (Wildman–Crippen LogP) is 4.17. The third kappa shape index (κ3) is 3.57. The number of nitrogens with zero attached hydrogens (tertiary/aromatic N) is 1. The van der Waals surface area contributed by atoms with Crippen LogP contribution in [0.4, 0.5) is 0 Å². The van der Waals surface area contributed by atoms with Crippen LogP contribution in [0.5, 0.6) is 0 Å². The van der Waals surface area contributed by atoms with E-state index >= 15 is 0 Å². The minimum atomic E-state index is -0.0217. The van der Waals surface area contributed by atoms with Crippen molar-refractivity contribution in [1.82, 2.24) is 10.2 Å². The number of aromatic nitrogens is 2. The first-order chi connectivity index (χ1) is 9.99. The van der Waals surface area contributed by atoms with Crippen LogP contribution in [0.3, 0.4) is 0 Å². The Hall–Kier alpha value is -2.42. The number of fused-ring (bicyclic) bond motifs is 2. The molecule has 0 unspecified atom stereocenters. The summed E-state index contributed by atoms with van der Waals surface area (Å²) in [7, 11) is 0. The molecule has 1 aromatic rings. The molecular formula is C18H20N2O. The molecule has 0 radical (unpaired) electrons. The Morgan fingerprint density at radius 2 is 1.67 bits per heavy atom. The van der Waals surface area contributed by atoms with E-state index in [1.807, 2.05) is 45.1 Å². The van der Waals surface area contributed by atoms with Crippen molar-refractivity contribution in [3.63, 3.8) is 0 Å². The highest BCUT2D eigenvalue weighted by Gasteiger charge is 2.11. The highest BCUT2D eigenvalue weighted by Crippen LogP contribution is 2.24. The van der Waals surface area contributed by atoms with E-state index in [1.165, 1.54) is 0 Å². The Labute approximate surface area is 125 Å². The number of allylic oxidation sites excluding steroid dienone is 10. The summed E-state index contributed by atoms with van der Waals surface area (Å²) in [6, 6.07) is 0. The zero-order chi connectivity index (χ0) is 15.4. The number of aromatic amines is 1. The van der Waals surface area contributed by atoms with Gasteiger partial charge in [0, 0.05) is 5.56 Å². The van der Waals surface area contributed by atoms with E-state index < -0.39 is 0 Å². The number of ketones is 1. The molecule has 2 bridgehead atoms. The van der Waals surface area contributed by atoms with Crippen molar-refractivity contribution in [1.29, 1.82) is 0 Å². The van der Waals surface area contributed by atoms with Crippen molar-refractivity contribution in [2.24, 2.45) is 0 Å². The van der Waals surface area contributed by atoms with E-state index in [0.717, 1.165) is 33.7 Å². The van der Waals surface area contributed by atoms with E-state index in [1.54, 1.807) is 18.2 Å². The van der Waals surface area contributed by atoms with Gasteiger partial charge in [0.05, 0.1) is 11.4 Å². The Kier molecular flexibility index (Phi) is 4.53. The molecule has 0 fully saturated rings. The molecule has 21 heavy (non-hydrogen) atoms. The first-order valence-corrected chi connectivity index (χ1v) is 6.97. The Bertz CT molecular complexity index is 710. The van der Waals surface area contributed by atoms with Gasteiger partial charge in [-0.3, -0.25) is 9.89 Å². The number of hydrogen-bond acceptors (Lipinski definition) is 2. The zero-order valence-corrected chi connectivity index (χ0v) is 12.9. The van der Waals surface area contributed by atoms with Gasteiger partial charge in [0.25, 0.3) is 0 Å². The van der Waals surface area contributed by atoms with Crippen LogP contribution in [0.2, 0.25) is 0 Å². The Balaban J connectivity index is 2.57. The average Bonchev–Trinajstić information content (AvgIpc) is 2.83. The van der Waals surface area contributed by atoms with E-state index in [0.29, 0.717) is 0 Å². The second-order valence-corrected chi connectivity index (χ2v) is 5.28. The lowest BCUT2D eigenvalue weighted by atomic mass is 10.0. The maximum absolute atomic E-state index is 11.7. The van der Waals surface area contributed by atoms with Gasteiger partial charge in [0.15, 0.2) is 5.78 Å². The smallest absolute Gasteiger partial charge is 0.178 e. The van der Waals surface area contributed by atoms with E-state index in [2.05, 4.69) is 17.1 Å².